The summed E-state index contributed by atoms with van der Waals surface area (Å²) >= 11 is 0. The zero-order valence-electron chi connectivity index (χ0n) is 11.4. The summed E-state index contributed by atoms with van der Waals surface area (Å²) in [5.74, 6) is -0.265. The fourth-order valence-corrected chi connectivity index (χ4v) is 1.61. The number of ether oxygens (including phenoxy) is 2. The highest BCUT2D eigenvalue weighted by Gasteiger charge is 2.05. The van der Waals surface area contributed by atoms with Gasteiger partial charge in [-0.25, -0.2) is 4.79 Å². The molecule has 0 saturated heterocycles. The Hall–Kier alpha value is -1.81. The molecule has 0 aliphatic rings. The molecule has 0 spiro atoms. The third-order valence-corrected chi connectivity index (χ3v) is 2.47. The number of carboxylic acids is 1. The molecule has 0 unspecified atom stereocenters. The van der Waals surface area contributed by atoms with E-state index in [1.165, 1.54) is 6.08 Å². The lowest BCUT2D eigenvalue weighted by atomic mass is 10.1. The summed E-state index contributed by atoms with van der Waals surface area (Å²) in [4.78, 5) is 10.6. The predicted molar refractivity (Wildman–Crippen MR) is 74.5 cm³/mol. The maximum Gasteiger partial charge on any atom is 0.328 e. The standard InChI is InChI=1S/C15H20O4/c1-3-9-18-10-11-19-15-12(2)5-4-6-13(15)7-8-14(16)17/h4-8H,3,9-11H2,1-2H3,(H,16,17)/b8-7+. The van der Waals surface area contributed by atoms with Crippen LogP contribution in [-0.2, 0) is 9.53 Å². The number of carbonyl (C=O) groups is 1. The second kappa shape index (κ2) is 8.32. The summed E-state index contributed by atoms with van der Waals surface area (Å²) < 4.78 is 11.0. The first-order valence-electron chi connectivity index (χ1n) is 6.36. The van der Waals surface area contributed by atoms with Crippen molar-refractivity contribution in [3.8, 4) is 5.75 Å². The van der Waals surface area contributed by atoms with Gasteiger partial charge in [-0.2, -0.15) is 0 Å². The van der Waals surface area contributed by atoms with Gasteiger partial charge < -0.3 is 14.6 Å². The largest absolute Gasteiger partial charge is 0.490 e. The summed E-state index contributed by atoms with van der Waals surface area (Å²) in [7, 11) is 0. The van der Waals surface area contributed by atoms with Gasteiger partial charge in [-0.15, -0.1) is 0 Å². The number of rotatable bonds is 8. The van der Waals surface area contributed by atoms with Crippen LogP contribution in [0.25, 0.3) is 6.08 Å². The van der Waals surface area contributed by atoms with E-state index in [-0.39, 0.29) is 0 Å². The van der Waals surface area contributed by atoms with E-state index >= 15 is 0 Å². The molecule has 0 bridgehead atoms. The van der Waals surface area contributed by atoms with Gasteiger partial charge in [0.25, 0.3) is 0 Å². The highest BCUT2D eigenvalue weighted by molar-refractivity contribution is 5.86. The highest BCUT2D eigenvalue weighted by Crippen LogP contribution is 2.24. The van der Waals surface area contributed by atoms with Crippen LogP contribution in [0.5, 0.6) is 5.75 Å². The second-order valence-electron chi connectivity index (χ2n) is 4.13. The van der Waals surface area contributed by atoms with Gasteiger partial charge in [0.15, 0.2) is 0 Å². The minimum atomic E-state index is -0.973. The first kappa shape index (κ1) is 15.2. The van der Waals surface area contributed by atoms with Crippen molar-refractivity contribution in [2.24, 2.45) is 0 Å². The number of hydrogen-bond donors (Lipinski definition) is 1. The van der Waals surface area contributed by atoms with Gasteiger partial charge in [0.05, 0.1) is 6.61 Å². The van der Waals surface area contributed by atoms with Crippen molar-refractivity contribution in [1.82, 2.24) is 0 Å². The summed E-state index contributed by atoms with van der Waals surface area (Å²) in [5.41, 5.74) is 1.74. The summed E-state index contributed by atoms with van der Waals surface area (Å²) in [6, 6.07) is 5.63. The Morgan fingerprint density at radius 2 is 2.11 bits per heavy atom. The Balaban J connectivity index is 2.66. The van der Waals surface area contributed by atoms with E-state index in [1.54, 1.807) is 0 Å². The zero-order valence-corrected chi connectivity index (χ0v) is 11.4. The molecular formula is C15H20O4. The third-order valence-electron chi connectivity index (χ3n) is 2.47. The molecule has 0 aromatic heterocycles. The van der Waals surface area contributed by atoms with E-state index in [0.29, 0.717) is 19.0 Å². The molecule has 104 valence electrons. The number of benzene rings is 1. The average molecular weight is 264 g/mol. The van der Waals surface area contributed by atoms with E-state index in [9.17, 15) is 4.79 Å². The molecule has 0 aliphatic heterocycles. The Bertz CT molecular complexity index is 438. The molecule has 0 aliphatic carbocycles. The zero-order chi connectivity index (χ0) is 14.1. The first-order valence-corrected chi connectivity index (χ1v) is 6.36. The Morgan fingerprint density at radius 1 is 1.32 bits per heavy atom. The van der Waals surface area contributed by atoms with Crippen molar-refractivity contribution >= 4 is 12.0 Å². The molecule has 4 heteroatoms. The van der Waals surface area contributed by atoms with Crippen LogP contribution >= 0.6 is 0 Å². The van der Waals surface area contributed by atoms with Crippen molar-refractivity contribution in [3.63, 3.8) is 0 Å². The molecule has 1 aromatic rings. The lowest BCUT2D eigenvalue weighted by Gasteiger charge is -2.12. The SMILES string of the molecule is CCCOCCOc1c(C)cccc1/C=C/C(=O)O. The molecule has 4 nitrogen and oxygen atoms in total. The van der Waals surface area contributed by atoms with Gasteiger partial charge in [-0.1, -0.05) is 25.1 Å². The van der Waals surface area contributed by atoms with E-state index in [0.717, 1.165) is 30.2 Å². The maximum atomic E-state index is 10.6. The van der Waals surface area contributed by atoms with Crippen LogP contribution < -0.4 is 4.74 Å². The molecule has 0 fully saturated rings. The molecular weight excluding hydrogens is 244 g/mol. The molecule has 19 heavy (non-hydrogen) atoms. The highest BCUT2D eigenvalue weighted by atomic mass is 16.5. The average Bonchev–Trinajstić information content (AvgIpc) is 2.38. The number of hydrogen-bond acceptors (Lipinski definition) is 3. The van der Waals surface area contributed by atoms with Gasteiger partial charge in [-0.05, 0) is 25.0 Å². The van der Waals surface area contributed by atoms with Gasteiger partial charge in [0.2, 0.25) is 0 Å². The second-order valence-corrected chi connectivity index (χ2v) is 4.13. The number of carboxylic acid groups (broad SMARTS) is 1. The van der Waals surface area contributed by atoms with Crippen molar-refractivity contribution in [3.05, 3.63) is 35.4 Å². The molecule has 1 N–H and O–H groups in total. The monoisotopic (exact) mass is 264 g/mol. The number of para-hydroxylation sites is 1. The van der Waals surface area contributed by atoms with Crippen molar-refractivity contribution in [2.75, 3.05) is 19.8 Å². The Morgan fingerprint density at radius 3 is 2.79 bits per heavy atom. The molecule has 0 radical (unpaired) electrons. The first-order chi connectivity index (χ1) is 9.15. The molecule has 0 amide bonds. The fraction of sp³-hybridized carbons (Fsp3) is 0.400. The van der Waals surface area contributed by atoms with Crippen LogP contribution in [0.15, 0.2) is 24.3 Å². The number of aliphatic carboxylic acids is 1. The normalized spacial score (nSPS) is 10.8. The quantitative estimate of drug-likeness (QED) is 0.579. The number of aryl methyl sites for hydroxylation is 1. The van der Waals surface area contributed by atoms with Crippen molar-refractivity contribution in [2.45, 2.75) is 20.3 Å². The summed E-state index contributed by atoms with van der Waals surface area (Å²) in [6.45, 7) is 5.70. The van der Waals surface area contributed by atoms with Crippen LogP contribution in [0.3, 0.4) is 0 Å². The van der Waals surface area contributed by atoms with E-state index < -0.39 is 5.97 Å². The molecule has 1 aromatic carbocycles. The summed E-state index contributed by atoms with van der Waals surface area (Å²) in [6.07, 6.45) is 3.63. The lowest BCUT2D eigenvalue weighted by molar-refractivity contribution is -0.131. The van der Waals surface area contributed by atoms with Crippen molar-refractivity contribution < 1.29 is 19.4 Å². The third kappa shape index (κ3) is 5.57. The van der Waals surface area contributed by atoms with E-state index in [2.05, 4.69) is 6.92 Å². The topological polar surface area (TPSA) is 55.8 Å². The Kier molecular flexibility index (Phi) is 6.68. The van der Waals surface area contributed by atoms with Crippen LogP contribution in [0.2, 0.25) is 0 Å². The Labute approximate surface area is 113 Å². The molecule has 0 atom stereocenters. The van der Waals surface area contributed by atoms with Gasteiger partial charge in [-0.3, -0.25) is 0 Å². The minimum Gasteiger partial charge on any atom is -0.490 e. The van der Waals surface area contributed by atoms with Gasteiger partial charge in [0.1, 0.15) is 12.4 Å². The predicted octanol–water partition coefficient (Wildman–Crippen LogP) is 2.90. The fourth-order valence-electron chi connectivity index (χ4n) is 1.61. The van der Waals surface area contributed by atoms with Crippen LogP contribution in [0, 0.1) is 6.92 Å². The van der Waals surface area contributed by atoms with E-state index in [4.69, 9.17) is 14.6 Å². The summed E-state index contributed by atoms with van der Waals surface area (Å²) in [5, 5.41) is 8.66. The lowest BCUT2D eigenvalue weighted by Crippen LogP contribution is -2.08. The van der Waals surface area contributed by atoms with Gasteiger partial charge in [0, 0.05) is 18.2 Å². The molecule has 1 rings (SSSR count). The smallest absolute Gasteiger partial charge is 0.328 e. The van der Waals surface area contributed by atoms with E-state index in [1.807, 2.05) is 25.1 Å². The minimum absolute atomic E-state index is 0.457. The van der Waals surface area contributed by atoms with Gasteiger partial charge >= 0.3 is 5.97 Å². The van der Waals surface area contributed by atoms with Crippen LogP contribution in [0.4, 0.5) is 0 Å². The maximum absolute atomic E-state index is 10.6. The molecule has 0 saturated carbocycles. The van der Waals surface area contributed by atoms with Crippen molar-refractivity contribution in [1.29, 1.82) is 0 Å². The molecule has 0 heterocycles. The van der Waals surface area contributed by atoms with Crippen LogP contribution in [0.1, 0.15) is 24.5 Å². The van der Waals surface area contributed by atoms with Crippen LogP contribution in [-0.4, -0.2) is 30.9 Å².